The maximum Gasteiger partial charge on any atom is 0.146 e. The summed E-state index contributed by atoms with van der Waals surface area (Å²) in [5.41, 5.74) is 11.6. The van der Waals surface area contributed by atoms with Gasteiger partial charge in [0.25, 0.3) is 0 Å². The van der Waals surface area contributed by atoms with Gasteiger partial charge in [-0.25, -0.2) is 9.36 Å². The topological polar surface area (TPSA) is 137 Å². The van der Waals surface area contributed by atoms with Crippen LogP contribution in [-0.2, 0) is 29.5 Å². The van der Waals surface area contributed by atoms with Crippen LogP contribution in [0.5, 0.6) is 0 Å². The quantitative estimate of drug-likeness (QED) is 0.310. The molecule has 4 aromatic heterocycles. The number of nitrogens with two attached hydrogens (primary N) is 1. The molecular formula is C25H43AlN11Ni. The Kier molecular flexibility index (Phi) is 15.9. The second kappa shape index (κ2) is 17.1. The Hall–Kier alpha value is -2.57. The van der Waals surface area contributed by atoms with Gasteiger partial charge >= 0.3 is 0 Å². The van der Waals surface area contributed by atoms with Crippen molar-refractivity contribution in [3.63, 3.8) is 0 Å². The standard InChI is InChI=1S/C8H14N4.C8H10N4.C8H13N3.CH4.Al.Ni.2H/c2*1-6(2)12-8-3-4-9-5-7(8)10-11-12;1-6(2)11-8-3-4-10-5-7(8)9;;;;;/h6,9H,3-5H2,1-2H3;3-6H,1-2H3;3-6H,9H2,1-2H3,(H,10,11);1H4;;;;. The summed E-state index contributed by atoms with van der Waals surface area (Å²) in [7, 11) is 0. The first-order valence-electron chi connectivity index (χ1n) is 12.0. The molecule has 0 atom stereocenters. The van der Waals surface area contributed by atoms with Crippen molar-refractivity contribution in [3.8, 4) is 0 Å². The van der Waals surface area contributed by atoms with E-state index in [0.717, 1.165) is 41.9 Å². The van der Waals surface area contributed by atoms with Crippen molar-refractivity contribution >= 4 is 39.8 Å². The zero-order chi connectivity index (χ0) is 25.4. The van der Waals surface area contributed by atoms with Gasteiger partial charge in [-0.1, -0.05) is 17.9 Å². The van der Waals surface area contributed by atoms with Crippen molar-refractivity contribution in [2.45, 2.75) is 80.1 Å². The maximum atomic E-state index is 5.64. The summed E-state index contributed by atoms with van der Waals surface area (Å²) in [4.78, 5) is 7.86. The molecule has 0 unspecified atom stereocenters. The van der Waals surface area contributed by atoms with Crippen LogP contribution in [0.25, 0.3) is 11.0 Å². The molecule has 38 heavy (non-hydrogen) atoms. The molecular weight excluding hydrogens is 540 g/mol. The molecule has 0 saturated carbocycles. The SMILES string of the molecule is C.CC(C)Nc1ccncc1N.CC(C)n1nnc2c1CCNC2.CC(C)n1nnc2cnccc21.[AlH2].[Ni]. The van der Waals surface area contributed by atoms with Crippen LogP contribution in [0.4, 0.5) is 11.4 Å². The fourth-order valence-corrected chi connectivity index (χ4v) is 3.60. The second-order valence-electron chi connectivity index (χ2n) is 9.20. The summed E-state index contributed by atoms with van der Waals surface area (Å²) in [5, 5.41) is 22.7. The van der Waals surface area contributed by atoms with E-state index in [1.807, 2.05) is 21.5 Å². The Bertz CT molecular complexity index is 1210. The van der Waals surface area contributed by atoms with Crippen LogP contribution in [0.1, 0.15) is 72.4 Å². The molecule has 13 heteroatoms. The number of nitrogen functional groups attached to an aromatic ring is 1. The molecule has 0 saturated heterocycles. The van der Waals surface area contributed by atoms with E-state index in [9.17, 15) is 0 Å². The van der Waals surface area contributed by atoms with Gasteiger partial charge in [-0.3, -0.25) is 9.97 Å². The van der Waals surface area contributed by atoms with Crippen LogP contribution in [-0.4, -0.2) is 69.9 Å². The fraction of sp³-hybridized carbons (Fsp3) is 0.520. The van der Waals surface area contributed by atoms with E-state index in [1.54, 1.807) is 24.8 Å². The van der Waals surface area contributed by atoms with Gasteiger partial charge < -0.3 is 16.4 Å². The zero-order valence-electron chi connectivity index (χ0n) is 22.8. The van der Waals surface area contributed by atoms with Crippen molar-refractivity contribution in [2.24, 2.45) is 0 Å². The number of fused-ring (bicyclic) bond motifs is 2. The van der Waals surface area contributed by atoms with Crippen LogP contribution in [0, 0.1) is 0 Å². The third kappa shape index (κ3) is 9.63. The van der Waals surface area contributed by atoms with Gasteiger partial charge in [0.15, 0.2) is 0 Å². The molecule has 4 N–H and O–H groups in total. The molecule has 5 heterocycles. The molecule has 5 rings (SSSR count). The van der Waals surface area contributed by atoms with E-state index in [1.165, 1.54) is 5.69 Å². The van der Waals surface area contributed by atoms with Gasteiger partial charge in [0.1, 0.15) is 22.9 Å². The first-order valence-corrected chi connectivity index (χ1v) is 12.0. The van der Waals surface area contributed by atoms with Gasteiger partial charge in [0.2, 0.25) is 0 Å². The Morgan fingerprint density at radius 1 is 0.921 bits per heavy atom. The van der Waals surface area contributed by atoms with Crippen LogP contribution in [0.3, 0.4) is 0 Å². The third-order valence-corrected chi connectivity index (χ3v) is 5.25. The number of hydrogen-bond donors (Lipinski definition) is 3. The van der Waals surface area contributed by atoms with Crippen molar-refractivity contribution in [3.05, 3.63) is 48.3 Å². The summed E-state index contributed by atoms with van der Waals surface area (Å²) in [6.07, 6.45) is 7.90. The molecule has 4 aromatic rings. The summed E-state index contributed by atoms with van der Waals surface area (Å²) in [5.74, 6) is 0. The number of aromatic nitrogens is 8. The molecule has 0 amide bonds. The Morgan fingerprint density at radius 3 is 2.18 bits per heavy atom. The molecule has 1 radical (unpaired) electrons. The molecule has 0 spiro atoms. The number of rotatable bonds is 4. The van der Waals surface area contributed by atoms with Gasteiger partial charge in [-0.2, -0.15) is 0 Å². The van der Waals surface area contributed by atoms with Crippen LogP contribution in [0.15, 0.2) is 36.9 Å². The Morgan fingerprint density at radius 2 is 1.55 bits per heavy atom. The molecule has 1 aliphatic rings. The first kappa shape index (κ1) is 35.4. The summed E-state index contributed by atoms with van der Waals surface area (Å²) < 4.78 is 3.91. The average molecular weight is 583 g/mol. The van der Waals surface area contributed by atoms with Crippen LogP contribution in [0.2, 0.25) is 0 Å². The first-order chi connectivity index (χ1) is 16.8. The number of nitrogens with one attached hydrogen (secondary N) is 2. The van der Waals surface area contributed by atoms with Crippen molar-refractivity contribution in [1.82, 2.24) is 45.3 Å². The predicted molar refractivity (Wildman–Crippen MR) is 154 cm³/mol. The Labute approximate surface area is 246 Å². The van der Waals surface area contributed by atoms with Gasteiger partial charge in [-0.15, -0.1) is 10.2 Å². The zero-order valence-corrected chi connectivity index (χ0v) is 25.8. The molecule has 1 aliphatic heterocycles. The molecule has 0 fully saturated rings. The van der Waals surface area contributed by atoms with Crippen LogP contribution >= 0.6 is 0 Å². The monoisotopic (exact) mass is 582 g/mol. The van der Waals surface area contributed by atoms with Crippen LogP contribution < -0.4 is 16.4 Å². The predicted octanol–water partition coefficient (Wildman–Crippen LogP) is 3.11. The normalized spacial score (nSPS) is 11.7. The minimum Gasteiger partial charge on any atom is -0.396 e. The minimum atomic E-state index is 0. The van der Waals surface area contributed by atoms with E-state index in [2.05, 4.69) is 82.8 Å². The van der Waals surface area contributed by atoms with Gasteiger partial charge in [0.05, 0.1) is 40.7 Å². The second-order valence-corrected chi connectivity index (χ2v) is 9.20. The van der Waals surface area contributed by atoms with Gasteiger partial charge in [-0.05, 0) is 53.7 Å². The molecule has 11 nitrogen and oxygen atoms in total. The molecule has 0 bridgehead atoms. The van der Waals surface area contributed by atoms with Crippen molar-refractivity contribution in [1.29, 1.82) is 0 Å². The number of anilines is 2. The number of nitrogens with zero attached hydrogens (tertiary/aromatic N) is 8. The molecule has 0 aliphatic carbocycles. The fourth-order valence-electron chi connectivity index (χ4n) is 3.60. The van der Waals surface area contributed by atoms with Crippen molar-refractivity contribution < 1.29 is 16.5 Å². The molecule has 0 aromatic carbocycles. The summed E-state index contributed by atoms with van der Waals surface area (Å²) in [6, 6.07) is 4.97. The number of hydrogen-bond acceptors (Lipinski definition) is 9. The van der Waals surface area contributed by atoms with E-state index in [-0.39, 0.29) is 41.3 Å². The number of pyridine rings is 2. The van der Waals surface area contributed by atoms with Gasteiger partial charge in [0, 0.05) is 66.5 Å². The van der Waals surface area contributed by atoms with E-state index >= 15 is 0 Å². The minimum absolute atomic E-state index is 0. The Balaban J connectivity index is 0.000000521. The average Bonchev–Trinajstić information content (AvgIpc) is 3.46. The van der Waals surface area contributed by atoms with E-state index in [0.29, 0.717) is 23.8 Å². The summed E-state index contributed by atoms with van der Waals surface area (Å²) in [6.45, 7) is 14.5. The molecule has 211 valence electrons. The van der Waals surface area contributed by atoms with Crippen molar-refractivity contribution in [2.75, 3.05) is 17.6 Å². The largest absolute Gasteiger partial charge is 0.396 e. The van der Waals surface area contributed by atoms with E-state index < -0.39 is 0 Å². The van der Waals surface area contributed by atoms with E-state index in [4.69, 9.17) is 5.73 Å². The summed E-state index contributed by atoms with van der Waals surface area (Å²) >= 11 is 0. The third-order valence-electron chi connectivity index (χ3n) is 5.25. The smallest absolute Gasteiger partial charge is 0.146 e. The maximum absolute atomic E-state index is 5.64.